The number of fused-ring (bicyclic) bond motifs is 3. The van der Waals surface area contributed by atoms with Crippen LogP contribution in [0.25, 0.3) is 16.0 Å². The molecule has 0 atom stereocenters. The Balaban J connectivity index is 2.33. The molecule has 1 aromatic carbocycles. The number of thiophene rings is 1. The van der Waals surface area contributed by atoms with Crippen LogP contribution in [0.15, 0.2) is 41.8 Å². The minimum atomic E-state index is -3.19. The van der Waals surface area contributed by atoms with E-state index in [-0.39, 0.29) is 5.75 Å². The van der Waals surface area contributed by atoms with Gasteiger partial charge in [-0.2, -0.15) is 0 Å². The first kappa shape index (κ1) is 11.7. The quantitative estimate of drug-likeness (QED) is 0.795. The van der Waals surface area contributed by atoms with Gasteiger partial charge in [-0.05, 0) is 30.2 Å². The van der Waals surface area contributed by atoms with E-state index in [1.807, 2.05) is 25.1 Å². The molecular formula is C14H12O2S2. The Labute approximate surface area is 111 Å². The van der Waals surface area contributed by atoms with Crippen LogP contribution in [-0.2, 0) is 15.6 Å². The van der Waals surface area contributed by atoms with E-state index in [1.54, 1.807) is 23.5 Å². The summed E-state index contributed by atoms with van der Waals surface area (Å²) in [6, 6.07) is 9.17. The van der Waals surface area contributed by atoms with Gasteiger partial charge in [-0.1, -0.05) is 24.8 Å². The second-order valence-corrected chi connectivity index (χ2v) is 7.51. The average molecular weight is 276 g/mol. The highest BCUT2D eigenvalue weighted by Gasteiger charge is 2.29. The summed E-state index contributed by atoms with van der Waals surface area (Å²) in [6.07, 6.45) is 0. The molecule has 1 aliphatic heterocycles. The number of benzene rings is 1. The Morgan fingerprint density at radius 1 is 1.33 bits per heavy atom. The number of allylic oxidation sites excluding steroid dienone is 1. The van der Waals surface area contributed by atoms with E-state index in [0.717, 1.165) is 26.5 Å². The van der Waals surface area contributed by atoms with Crippen LogP contribution in [0.3, 0.4) is 0 Å². The largest absolute Gasteiger partial charge is 0.223 e. The normalized spacial score (nSPS) is 15.8. The van der Waals surface area contributed by atoms with Crippen molar-refractivity contribution in [1.29, 1.82) is 0 Å². The predicted molar refractivity (Wildman–Crippen MR) is 75.4 cm³/mol. The van der Waals surface area contributed by atoms with Crippen molar-refractivity contribution in [2.24, 2.45) is 0 Å². The molecule has 18 heavy (non-hydrogen) atoms. The molecule has 2 heterocycles. The predicted octanol–water partition coefficient (Wildman–Crippen LogP) is 3.74. The van der Waals surface area contributed by atoms with E-state index in [4.69, 9.17) is 0 Å². The molecule has 0 spiro atoms. The Morgan fingerprint density at radius 2 is 2.06 bits per heavy atom. The van der Waals surface area contributed by atoms with Crippen molar-refractivity contribution in [2.75, 3.05) is 0 Å². The van der Waals surface area contributed by atoms with Crippen molar-refractivity contribution < 1.29 is 8.42 Å². The van der Waals surface area contributed by atoms with Gasteiger partial charge in [-0.25, -0.2) is 8.42 Å². The molecule has 2 aromatic rings. The highest BCUT2D eigenvalue weighted by atomic mass is 32.2. The standard InChI is InChI=1S/C14H12O2S2/c1-9(2)12-7-10-8-18(15,16)13-6-4-3-5-11(13)14(10)17-12/h3-7H,1,8H2,2H3. The van der Waals surface area contributed by atoms with E-state index >= 15 is 0 Å². The molecule has 0 amide bonds. The SMILES string of the molecule is C=C(C)c1cc2c(s1)-c1ccccc1S(=O)(=O)C2. The smallest absolute Gasteiger partial charge is 0.183 e. The summed E-state index contributed by atoms with van der Waals surface area (Å²) in [5, 5.41) is 0. The lowest BCUT2D eigenvalue weighted by atomic mass is 10.1. The van der Waals surface area contributed by atoms with Gasteiger partial charge in [0.05, 0.1) is 10.6 Å². The maximum atomic E-state index is 12.2. The van der Waals surface area contributed by atoms with Crippen LogP contribution in [0, 0.1) is 0 Å². The van der Waals surface area contributed by atoms with Crippen LogP contribution in [0.4, 0.5) is 0 Å². The molecule has 0 saturated heterocycles. The lowest BCUT2D eigenvalue weighted by molar-refractivity contribution is 0.595. The lowest BCUT2D eigenvalue weighted by Crippen LogP contribution is -2.10. The van der Waals surface area contributed by atoms with Crippen LogP contribution in [-0.4, -0.2) is 8.42 Å². The van der Waals surface area contributed by atoms with E-state index in [9.17, 15) is 8.42 Å². The summed E-state index contributed by atoms with van der Waals surface area (Å²) < 4.78 is 24.4. The van der Waals surface area contributed by atoms with Gasteiger partial charge in [0.1, 0.15) is 0 Å². The molecule has 2 nitrogen and oxygen atoms in total. The topological polar surface area (TPSA) is 34.1 Å². The molecule has 3 rings (SSSR count). The maximum Gasteiger partial charge on any atom is 0.183 e. The fraction of sp³-hybridized carbons (Fsp3) is 0.143. The van der Waals surface area contributed by atoms with E-state index < -0.39 is 9.84 Å². The third kappa shape index (κ3) is 1.64. The Hall–Kier alpha value is -1.39. The zero-order chi connectivity index (χ0) is 12.9. The number of rotatable bonds is 1. The van der Waals surface area contributed by atoms with Crippen LogP contribution >= 0.6 is 11.3 Å². The second-order valence-electron chi connectivity index (χ2n) is 4.50. The third-order valence-corrected chi connectivity index (χ3v) is 6.13. The number of hydrogen-bond acceptors (Lipinski definition) is 3. The van der Waals surface area contributed by atoms with Crippen LogP contribution in [0.5, 0.6) is 0 Å². The minimum Gasteiger partial charge on any atom is -0.223 e. The number of sulfone groups is 1. The van der Waals surface area contributed by atoms with Crippen LogP contribution in [0.2, 0.25) is 0 Å². The number of hydrogen-bond donors (Lipinski definition) is 0. The summed E-state index contributed by atoms with van der Waals surface area (Å²) in [6.45, 7) is 5.86. The fourth-order valence-corrected chi connectivity index (χ4v) is 5.07. The lowest BCUT2D eigenvalue weighted by Gasteiger charge is -2.15. The summed E-state index contributed by atoms with van der Waals surface area (Å²) in [7, 11) is -3.19. The van der Waals surface area contributed by atoms with Gasteiger partial charge in [0.25, 0.3) is 0 Å². The van der Waals surface area contributed by atoms with E-state index in [1.165, 1.54) is 0 Å². The van der Waals surface area contributed by atoms with Gasteiger partial charge in [0.15, 0.2) is 9.84 Å². The van der Waals surface area contributed by atoms with Gasteiger partial charge in [-0.15, -0.1) is 11.3 Å². The molecule has 4 heteroatoms. The minimum absolute atomic E-state index is 0.100. The van der Waals surface area contributed by atoms with Gasteiger partial charge in [0.2, 0.25) is 0 Å². The van der Waals surface area contributed by atoms with Crippen LogP contribution < -0.4 is 0 Å². The maximum absolute atomic E-state index is 12.2. The Kier molecular flexibility index (Phi) is 2.47. The molecule has 0 unspecified atom stereocenters. The Morgan fingerprint density at radius 3 is 2.78 bits per heavy atom. The first-order chi connectivity index (χ1) is 8.49. The first-order valence-corrected chi connectivity index (χ1v) is 8.06. The van der Waals surface area contributed by atoms with Crippen molar-refractivity contribution in [1.82, 2.24) is 0 Å². The van der Waals surface area contributed by atoms with Crippen molar-refractivity contribution in [3.63, 3.8) is 0 Å². The van der Waals surface area contributed by atoms with Gasteiger partial charge in [0, 0.05) is 15.3 Å². The van der Waals surface area contributed by atoms with Crippen molar-refractivity contribution >= 4 is 26.7 Å². The zero-order valence-corrected chi connectivity index (χ0v) is 11.6. The Bertz CT molecular complexity index is 752. The molecule has 0 fully saturated rings. The summed E-state index contributed by atoms with van der Waals surface area (Å²) in [4.78, 5) is 2.58. The molecule has 0 radical (unpaired) electrons. The summed E-state index contributed by atoms with van der Waals surface area (Å²) in [5.74, 6) is 0.100. The first-order valence-electron chi connectivity index (χ1n) is 5.60. The third-order valence-electron chi connectivity index (χ3n) is 3.04. The molecular weight excluding hydrogens is 264 g/mol. The molecule has 1 aromatic heterocycles. The van der Waals surface area contributed by atoms with Gasteiger partial charge >= 0.3 is 0 Å². The van der Waals surface area contributed by atoms with Crippen molar-refractivity contribution in [3.8, 4) is 10.4 Å². The van der Waals surface area contributed by atoms with E-state index in [0.29, 0.717) is 4.90 Å². The van der Waals surface area contributed by atoms with Crippen molar-refractivity contribution in [2.45, 2.75) is 17.6 Å². The van der Waals surface area contributed by atoms with Gasteiger partial charge < -0.3 is 0 Å². The molecule has 0 N–H and O–H groups in total. The van der Waals surface area contributed by atoms with E-state index in [2.05, 4.69) is 6.58 Å². The molecule has 0 bridgehead atoms. The summed E-state index contributed by atoms with van der Waals surface area (Å²) >= 11 is 1.62. The summed E-state index contributed by atoms with van der Waals surface area (Å²) in [5.41, 5.74) is 2.71. The zero-order valence-electron chi connectivity index (χ0n) is 9.93. The average Bonchev–Trinajstić information content (AvgIpc) is 2.72. The highest BCUT2D eigenvalue weighted by molar-refractivity contribution is 7.91. The second kappa shape index (κ2) is 3.80. The van der Waals surface area contributed by atoms with Crippen molar-refractivity contribution in [3.05, 3.63) is 47.4 Å². The molecule has 92 valence electrons. The molecule has 0 saturated carbocycles. The molecule has 0 aliphatic carbocycles. The van der Waals surface area contributed by atoms with Gasteiger partial charge in [-0.3, -0.25) is 0 Å². The highest BCUT2D eigenvalue weighted by Crippen LogP contribution is 2.43. The fourth-order valence-electron chi connectivity index (χ4n) is 2.18. The van der Waals surface area contributed by atoms with Crippen LogP contribution in [0.1, 0.15) is 17.4 Å². The monoisotopic (exact) mass is 276 g/mol. The molecule has 1 aliphatic rings.